The maximum Gasteiger partial charge on any atom is 0.319 e. The first-order valence-corrected chi connectivity index (χ1v) is 11.8. The van der Waals surface area contributed by atoms with Crippen molar-refractivity contribution in [2.45, 2.75) is 32.4 Å². The van der Waals surface area contributed by atoms with Gasteiger partial charge in [-0.15, -0.1) is 0 Å². The quantitative estimate of drug-likeness (QED) is 0.272. The SMILES string of the molecule is CCc1ncccc1C(CC(=O)O)NC(=O)CNC(=O)c1cccc(NC(=O)NCc2ccccc2)c1. The standard InChI is InChI=1S/C27H29N5O5/c1-2-22-21(12-7-13-28-22)23(15-25(34)35)32-24(33)17-29-26(36)19-10-6-11-20(14-19)31-27(37)30-16-18-8-4-3-5-9-18/h3-14,23H,2,15-17H2,1H3,(H,29,36)(H,32,33)(H,34,35)(H2,30,31,37). The molecule has 3 rings (SSSR count). The number of benzene rings is 2. The summed E-state index contributed by atoms with van der Waals surface area (Å²) in [6.07, 6.45) is 1.87. The van der Waals surface area contributed by atoms with E-state index in [9.17, 15) is 24.3 Å². The van der Waals surface area contributed by atoms with Gasteiger partial charge in [0.05, 0.1) is 19.0 Å². The van der Waals surface area contributed by atoms with Crippen LogP contribution in [0, 0.1) is 0 Å². The van der Waals surface area contributed by atoms with Crippen LogP contribution in [0.25, 0.3) is 0 Å². The number of carbonyl (C=O) groups is 4. The minimum absolute atomic E-state index is 0.247. The van der Waals surface area contributed by atoms with Gasteiger partial charge in [0, 0.05) is 29.7 Å². The van der Waals surface area contributed by atoms with E-state index in [1.165, 1.54) is 6.07 Å². The van der Waals surface area contributed by atoms with E-state index < -0.39 is 29.9 Å². The lowest BCUT2D eigenvalue weighted by Gasteiger charge is -2.19. The second kappa shape index (κ2) is 13.4. The van der Waals surface area contributed by atoms with Crippen LogP contribution in [0.5, 0.6) is 0 Å². The zero-order valence-electron chi connectivity index (χ0n) is 20.4. The normalized spacial score (nSPS) is 11.2. The Kier molecular flexibility index (Phi) is 9.72. The first kappa shape index (κ1) is 26.9. The fourth-order valence-electron chi connectivity index (χ4n) is 3.68. The van der Waals surface area contributed by atoms with E-state index in [-0.39, 0.29) is 18.5 Å². The highest BCUT2D eigenvalue weighted by atomic mass is 16.4. The molecule has 3 aromatic rings. The molecule has 10 nitrogen and oxygen atoms in total. The Bertz CT molecular complexity index is 1250. The van der Waals surface area contributed by atoms with Gasteiger partial charge in [0.2, 0.25) is 5.91 Å². The van der Waals surface area contributed by atoms with Crippen molar-refractivity contribution < 1.29 is 24.3 Å². The summed E-state index contributed by atoms with van der Waals surface area (Å²) >= 11 is 0. The third-order valence-electron chi connectivity index (χ3n) is 5.44. The lowest BCUT2D eigenvalue weighted by molar-refractivity contribution is -0.137. The minimum Gasteiger partial charge on any atom is -0.481 e. The number of nitrogens with zero attached hydrogens (tertiary/aromatic N) is 1. The molecule has 0 bridgehead atoms. The van der Waals surface area contributed by atoms with Gasteiger partial charge in [0.25, 0.3) is 5.91 Å². The molecule has 1 unspecified atom stereocenters. The summed E-state index contributed by atoms with van der Waals surface area (Å²) in [6, 6.07) is 17.9. The Labute approximate surface area is 214 Å². The monoisotopic (exact) mass is 503 g/mol. The van der Waals surface area contributed by atoms with Gasteiger partial charge in [-0.2, -0.15) is 0 Å². The van der Waals surface area contributed by atoms with Gasteiger partial charge < -0.3 is 26.4 Å². The van der Waals surface area contributed by atoms with Crippen molar-refractivity contribution in [2.75, 3.05) is 11.9 Å². The van der Waals surface area contributed by atoms with E-state index in [0.717, 1.165) is 5.56 Å². The van der Waals surface area contributed by atoms with Crippen LogP contribution in [0.4, 0.5) is 10.5 Å². The summed E-state index contributed by atoms with van der Waals surface area (Å²) in [4.78, 5) is 53.0. The van der Waals surface area contributed by atoms with Gasteiger partial charge in [-0.3, -0.25) is 19.4 Å². The maximum absolute atomic E-state index is 12.6. The second-order valence-corrected chi connectivity index (χ2v) is 8.17. The van der Waals surface area contributed by atoms with E-state index in [4.69, 9.17) is 0 Å². The summed E-state index contributed by atoms with van der Waals surface area (Å²) in [5, 5.41) is 19.9. The minimum atomic E-state index is -1.07. The molecule has 1 heterocycles. The number of rotatable bonds is 11. The molecule has 37 heavy (non-hydrogen) atoms. The molecule has 0 radical (unpaired) electrons. The van der Waals surface area contributed by atoms with Gasteiger partial charge in [0.15, 0.2) is 0 Å². The third kappa shape index (κ3) is 8.46. The number of urea groups is 1. The van der Waals surface area contributed by atoms with Crippen molar-refractivity contribution in [3.8, 4) is 0 Å². The Morgan fingerprint density at radius 3 is 2.46 bits per heavy atom. The summed E-state index contributed by atoms with van der Waals surface area (Å²) in [5.41, 5.74) is 2.92. The Hall–Kier alpha value is -4.73. The highest BCUT2D eigenvalue weighted by Crippen LogP contribution is 2.20. The molecule has 0 spiro atoms. The predicted octanol–water partition coefficient (Wildman–Crippen LogP) is 3.03. The smallest absolute Gasteiger partial charge is 0.319 e. The Morgan fingerprint density at radius 1 is 0.946 bits per heavy atom. The van der Waals surface area contributed by atoms with E-state index in [1.807, 2.05) is 37.3 Å². The first-order valence-electron chi connectivity index (χ1n) is 11.8. The van der Waals surface area contributed by atoms with Crippen LogP contribution >= 0.6 is 0 Å². The van der Waals surface area contributed by atoms with Gasteiger partial charge >= 0.3 is 12.0 Å². The fraction of sp³-hybridized carbons (Fsp3) is 0.222. The lowest BCUT2D eigenvalue weighted by atomic mass is 10.0. The van der Waals surface area contributed by atoms with Crippen molar-refractivity contribution in [2.24, 2.45) is 0 Å². The summed E-state index contributed by atoms with van der Waals surface area (Å²) in [7, 11) is 0. The Morgan fingerprint density at radius 2 is 1.73 bits per heavy atom. The van der Waals surface area contributed by atoms with Crippen LogP contribution in [0.2, 0.25) is 0 Å². The molecule has 192 valence electrons. The number of aromatic nitrogens is 1. The van der Waals surface area contributed by atoms with Crippen molar-refractivity contribution in [1.29, 1.82) is 0 Å². The molecule has 0 saturated heterocycles. The average molecular weight is 504 g/mol. The summed E-state index contributed by atoms with van der Waals surface area (Å²) in [5.74, 6) is -2.13. The predicted molar refractivity (Wildman–Crippen MR) is 138 cm³/mol. The topological polar surface area (TPSA) is 150 Å². The number of aryl methyl sites for hydroxylation is 1. The van der Waals surface area contributed by atoms with Gasteiger partial charge in [-0.1, -0.05) is 49.4 Å². The number of carboxylic acid groups (broad SMARTS) is 1. The first-order chi connectivity index (χ1) is 17.9. The number of nitrogens with one attached hydrogen (secondary N) is 4. The molecule has 1 aromatic heterocycles. The van der Waals surface area contributed by atoms with Crippen LogP contribution in [-0.2, 0) is 22.6 Å². The van der Waals surface area contributed by atoms with Crippen molar-refractivity contribution in [3.63, 3.8) is 0 Å². The number of pyridine rings is 1. The fourth-order valence-corrected chi connectivity index (χ4v) is 3.68. The molecular weight excluding hydrogens is 474 g/mol. The molecule has 0 aliphatic carbocycles. The van der Waals surface area contributed by atoms with Gasteiger partial charge in [0.1, 0.15) is 0 Å². The highest BCUT2D eigenvalue weighted by Gasteiger charge is 2.21. The third-order valence-corrected chi connectivity index (χ3v) is 5.44. The van der Waals surface area contributed by atoms with Crippen molar-refractivity contribution in [1.82, 2.24) is 20.9 Å². The molecule has 0 fully saturated rings. The maximum atomic E-state index is 12.6. The summed E-state index contributed by atoms with van der Waals surface area (Å²) in [6.45, 7) is 1.89. The number of amides is 4. The molecule has 5 N–H and O–H groups in total. The number of carboxylic acids is 1. The molecule has 0 aliphatic heterocycles. The van der Waals surface area contributed by atoms with E-state index in [2.05, 4.69) is 26.3 Å². The zero-order valence-corrected chi connectivity index (χ0v) is 20.4. The molecular formula is C27H29N5O5. The van der Waals surface area contributed by atoms with Crippen LogP contribution in [0.3, 0.4) is 0 Å². The van der Waals surface area contributed by atoms with Crippen LogP contribution < -0.4 is 21.3 Å². The molecule has 1 atom stereocenters. The molecule has 2 aromatic carbocycles. The number of hydrogen-bond acceptors (Lipinski definition) is 5. The van der Waals surface area contributed by atoms with Crippen molar-refractivity contribution in [3.05, 3.63) is 95.3 Å². The molecule has 10 heteroatoms. The zero-order chi connectivity index (χ0) is 26.6. The molecule has 4 amide bonds. The second-order valence-electron chi connectivity index (χ2n) is 8.17. The number of carbonyl (C=O) groups excluding carboxylic acids is 3. The Balaban J connectivity index is 1.54. The highest BCUT2D eigenvalue weighted by molar-refractivity contribution is 5.98. The van der Waals surface area contributed by atoms with Crippen molar-refractivity contribution >= 4 is 29.5 Å². The average Bonchev–Trinajstić information content (AvgIpc) is 2.90. The van der Waals surface area contributed by atoms with Crippen LogP contribution in [0.1, 0.15) is 46.6 Å². The van der Waals surface area contributed by atoms with Gasteiger partial charge in [-0.25, -0.2) is 4.79 Å². The number of anilines is 1. The number of hydrogen-bond donors (Lipinski definition) is 5. The summed E-state index contributed by atoms with van der Waals surface area (Å²) < 4.78 is 0. The lowest BCUT2D eigenvalue weighted by Crippen LogP contribution is -2.39. The largest absolute Gasteiger partial charge is 0.481 e. The van der Waals surface area contributed by atoms with E-state index in [1.54, 1.807) is 36.5 Å². The molecule has 0 aliphatic rings. The number of aliphatic carboxylic acids is 1. The molecule has 0 saturated carbocycles. The van der Waals surface area contributed by atoms with Gasteiger partial charge in [-0.05, 0) is 41.8 Å². The van der Waals surface area contributed by atoms with E-state index >= 15 is 0 Å². The van der Waals surface area contributed by atoms with Crippen LogP contribution in [-0.4, -0.2) is 40.5 Å². The van der Waals surface area contributed by atoms with Crippen LogP contribution in [0.15, 0.2) is 72.9 Å². The van der Waals surface area contributed by atoms with E-state index in [0.29, 0.717) is 29.9 Å².